The Kier molecular flexibility index (Phi) is 4.06. The number of carbonyl (C=O) groups is 1. The number of fused-ring (bicyclic) bond motifs is 1. The van der Waals surface area contributed by atoms with Crippen molar-refractivity contribution in [2.75, 3.05) is 18.8 Å². The summed E-state index contributed by atoms with van der Waals surface area (Å²) >= 11 is 4.60. The third kappa shape index (κ3) is 2.60. The fraction of sp³-hybridized carbons (Fsp3) is 0.588. The van der Waals surface area contributed by atoms with E-state index in [-0.39, 0.29) is 11.3 Å². The zero-order valence-corrected chi connectivity index (χ0v) is 12.9. The van der Waals surface area contributed by atoms with E-state index in [1.165, 1.54) is 37.7 Å². The standard InChI is InChI=1S/C17H23NOS/c19-16-15-7-3-2-6-14(15)8-11-18(16)12-17(13-20)9-4-1-5-10-17/h2-3,6-7,20H,1,4-5,8-13H2. The molecule has 1 aliphatic heterocycles. The van der Waals surface area contributed by atoms with Crippen LogP contribution in [0.5, 0.6) is 0 Å². The molecule has 108 valence electrons. The van der Waals surface area contributed by atoms with Crippen LogP contribution in [0.15, 0.2) is 24.3 Å². The Hall–Kier alpha value is -0.960. The molecular weight excluding hydrogens is 266 g/mol. The molecule has 0 saturated heterocycles. The summed E-state index contributed by atoms with van der Waals surface area (Å²) in [5.74, 6) is 1.12. The molecule has 1 aromatic rings. The smallest absolute Gasteiger partial charge is 0.254 e. The van der Waals surface area contributed by atoms with Gasteiger partial charge < -0.3 is 4.90 Å². The third-order valence-corrected chi connectivity index (χ3v) is 5.63. The predicted octanol–water partition coefficient (Wildman–Crippen LogP) is 3.57. The van der Waals surface area contributed by atoms with Crippen LogP contribution in [0.4, 0.5) is 0 Å². The molecule has 20 heavy (non-hydrogen) atoms. The first-order chi connectivity index (χ1) is 9.74. The van der Waals surface area contributed by atoms with Gasteiger partial charge in [-0.1, -0.05) is 37.5 Å². The van der Waals surface area contributed by atoms with Crippen LogP contribution in [0.3, 0.4) is 0 Å². The summed E-state index contributed by atoms with van der Waals surface area (Å²) in [5, 5.41) is 0. The Morgan fingerprint density at radius 1 is 1.15 bits per heavy atom. The molecule has 0 aromatic heterocycles. The summed E-state index contributed by atoms with van der Waals surface area (Å²) in [4.78, 5) is 14.7. The first kappa shape index (κ1) is 14.0. The van der Waals surface area contributed by atoms with Crippen LogP contribution in [0.1, 0.15) is 48.0 Å². The zero-order chi connectivity index (χ0) is 14.0. The highest BCUT2D eigenvalue weighted by molar-refractivity contribution is 7.80. The summed E-state index contributed by atoms with van der Waals surface area (Å²) in [6.45, 7) is 1.76. The number of hydrogen-bond donors (Lipinski definition) is 1. The molecule has 0 radical (unpaired) electrons. The van der Waals surface area contributed by atoms with E-state index in [4.69, 9.17) is 0 Å². The first-order valence-electron chi connectivity index (χ1n) is 7.72. The van der Waals surface area contributed by atoms with Gasteiger partial charge in [0.05, 0.1) is 0 Å². The minimum atomic E-state index is 0.221. The van der Waals surface area contributed by atoms with Crippen molar-refractivity contribution in [3.05, 3.63) is 35.4 Å². The molecule has 1 saturated carbocycles. The van der Waals surface area contributed by atoms with Crippen molar-refractivity contribution in [1.82, 2.24) is 4.90 Å². The normalized spacial score (nSPS) is 21.6. The van der Waals surface area contributed by atoms with Crippen molar-refractivity contribution >= 4 is 18.5 Å². The Morgan fingerprint density at radius 3 is 2.65 bits per heavy atom. The number of rotatable bonds is 3. The van der Waals surface area contributed by atoms with Crippen molar-refractivity contribution in [3.8, 4) is 0 Å². The number of benzene rings is 1. The van der Waals surface area contributed by atoms with E-state index in [1.807, 2.05) is 18.2 Å². The van der Waals surface area contributed by atoms with E-state index in [9.17, 15) is 4.79 Å². The maximum Gasteiger partial charge on any atom is 0.254 e. The van der Waals surface area contributed by atoms with Crippen molar-refractivity contribution in [1.29, 1.82) is 0 Å². The molecule has 0 spiro atoms. The molecular formula is C17H23NOS. The van der Waals surface area contributed by atoms with Gasteiger partial charge in [0.1, 0.15) is 0 Å². The van der Waals surface area contributed by atoms with Crippen molar-refractivity contribution in [2.24, 2.45) is 5.41 Å². The second-order valence-electron chi connectivity index (χ2n) is 6.35. The number of amides is 1. The molecule has 1 fully saturated rings. The molecule has 2 nitrogen and oxygen atoms in total. The van der Waals surface area contributed by atoms with E-state index in [0.29, 0.717) is 0 Å². The Labute approximate surface area is 127 Å². The lowest BCUT2D eigenvalue weighted by Gasteiger charge is -2.41. The molecule has 1 heterocycles. The van der Waals surface area contributed by atoms with E-state index in [1.54, 1.807) is 0 Å². The van der Waals surface area contributed by atoms with Crippen LogP contribution in [-0.4, -0.2) is 29.6 Å². The second kappa shape index (κ2) is 5.80. The number of carbonyl (C=O) groups excluding carboxylic acids is 1. The predicted molar refractivity (Wildman–Crippen MR) is 85.4 cm³/mol. The van der Waals surface area contributed by atoms with E-state index >= 15 is 0 Å². The summed E-state index contributed by atoms with van der Waals surface area (Å²) in [7, 11) is 0. The van der Waals surface area contributed by atoms with Crippen molar-refractivity contribution < 1.29 is 4.79 Å². The maximum absolute atomic E-state index is 12.6. The molecule has 0 bridgehead atoms. The first-order valence-corrected chi connectivity index (χ1v) is 8.35. The topological polar surface area (TPSA) is 20.3 Å². The molecule has 0 unspecified atom stereocenters. The molecule has 1 aromatic carbocycles. The minimum Gasteiger partial charge on any atom is -0.338 e. The van der Waals surface area contributed by atoms with Gasteiger partial charge in [-0.25, -0.2) is 0 Å². The monoisotopic (exact) mass is 289 g/mol. The summed E-state index contributed by atoms with van der Waals surface area (Å²) < 4.78 is 0. The number of nitrogens with zero attached hydrogens (tertiary/aromatic N) is 1. The molecule has 0 N–H and O–H groups in total. The fourth-order valence-electron chi connectivity index (χ4n) is 3.70. The second-order valence-corrected chi connectivity index (χ2v) is 6.67. The lowest BCUT2D eigenvalue weighted by Crippen LogP contribution is -2.46. The Bertz CT molecular complexity index is 494. The quantitative estimate of drug-likeness (QED) is 0.844. The van der Waals surface area contributed by atoms with Gasteiger partial charge in [0.2, 0.25) is 0 Å². The SMILES string of the molecule is O=C1c2ccccc2CCN1CC1(CS)CCCCC1. The van der Waals surface area contributed by atoms with Gasteiger partial charge >= 0.3 is 0 Å². The van der Waals surface area contributed by atoms with Gasteiger partial charge in [0.25, 0.3) is 5.91 Å². The Morgan fingerprint density at radius 2 is 1.90 bits per heavy atom. The van der Waals surface area contributed by atoms with Crippen molar-refractivity contribution in [2.45, 2.75) is 38.5 Å². The highest BCUT2D eigenvalue weighted by atomic mass is 32.1. The molecule has 3 heteroatoms. The number of hydrogen-bond acceptors (Lipinski definition) is 2. The summed E-state index contributed by atoms with van der Waals surface area (Å²) in [6.07, 6.45) is 7.36. The van der Waals surface area contributed by atoms with Gasteiger partial charge in [0.15, 0.2) is 0 Å². The number of thiol groups is 1. The van der Waals surface area contributed by atoms with Crippen LogP contribution in [0, 0.1) is 5.41 Å². The average molecular weight is 289 g/mol. The van der Waals surface area contributed by atoms with Gasteiger partial charge in [-0.05, 0) is 42.1 Å². The summed E-state index contributed by atoms with van der Waals surface area (Å²) in [6, 6.07) is 8.05. The van der Waals surface area contributed by atoms with Gasteiger partial charge in [0, 0.05) is 18.7 Å². The van der Waals surface area contributed by atoms with E-state index in [0.717, 1.165) is 30.8 Å². The van der Waals surface area contributed by atoms with Crippen LogP contribution in [0.25, 0.3) is 0 Å². The molecule has 1 aliphatic carbocycles. The third-order valence-electron chi connectivity index (χ3n) is 4.96. The Balaban J connectivity index is 1.77. The highest BCUT2D eigenvalue weighted by Crippen LogP contribution is 2.38. The fourth-order valence-corrected chi connectivity index (χ4v) is 4.11. The highest BCUT2D eigenvalue weighted by Gasteiger charge is 2.35. The van der Waals surface area contributed by atoms with Crippen LogP contribution in [0.2, 0.25) is 0 Å². The molecule has 3 rings (SSSR count). The van der Waals surface area contributed by atoms with E-state index < -0.39 is 0 Å². The van der Waals surface area contributed by atoms with Crippen molar-refractivity contribution in [3.63, 3.8) is 0 Å². The lowest BCUT2D eigenvalue weighted by molar-refractivity contribution is 0.0609. The van der Waals surface area contributed by atoms with Gasteiger partial charge in [-0.3, -0.25) is 4.79 Å². The van der Waals surface area contributed by atoms with Gasteiger partial charge in [-0.15, -0.1) is 0 Å². The van der Waals surface area contributed by atoms with Gasteiger partial charge in [-0.2, -0.15) is 12.6 Å². The minimum absolute atomic E-state index is 0.221. The molecule has 1 amide bonds. The average Bonchev–Trinajstić information content (AvgIpc) is 2.51. The molecule has 0 atom stereocenters. The van der Waals surface area contributed by atoms with E-state index in [2.05, 4.69) is 23.6 Å². The summed E-state index contributed by atoms with van der Waals surface area (Å²) in [5.41, 5.74) is 2.37. The maximum atomic E-state index is 12.6. The zero-order valence-electron chi connectivity index (χ0n) is 12.0. The van der Waals surface area contributed by atoms with Crippen LogP contribution >= 0.6 is 12.6 Å². The van der Waals surface area contributed by atoms with Crippen LogP contribution in [-0.2, 0) is 6.42 Å². The van der Waals surface area contributed by atoms with Crippen LogP contribution < -0.4 is 0 Å². The lowest BCUT2D eigenvalue weighted by atomic mass is 9.75. The largest absolute Gasteiger partial charge is 0.338 e. The molecule has 2 aliphatic rings.